The Labute approximate surface area is 149 Å². The van der Waals surface area contributed by atoms with Gasteiger partial charge in [-0.25, -0.2) is 0 Å². The highest BCUT2D eigenvalue weighted by atomic mass is 35.5. The lowest BCUT2D eigenvalue weighted by molar-refractivity contribution is -0.135. The Morgan fingerprint density at radius 3 is 2.62 bits per heavy atom. The van der Waals surface area contributed by atoms with Gasteiger partial charge in [-0.2, -0.15) is 0 Å². The van der Waals surface area contributed by atoms with E-state index in [1.54, 1.807) is 0 Å². The van der Waals surface area contributed by atoms with Crippen molar-refractivity contribution in [2.45, 2.75) is 25.9 Å². The standard InChI is InChI=1S/C18H27ClN4O/c1-14(2)23-7-6-20-17(13-23)18(24)22-10-8-21(9-11-22)16-5-3-4-15(19)12-16/h3-5,12,14,17,20H,6-11,13H2,1-2H3/t17-/m1/s1. The first kappa shape index (κ1) is 17.5. The number of piperazine rings is 2. The Kier molecular flexibility index (Phi) is 5.64. The highest BCUT2D eigenvalue weighted by Gasteiger charge is 2.31. The largest absolute Gasteiger partial charge is 0.368 e. The summed E-state index contributed by atoms with van der Waals surface area (Å²) in [4.78, 5) is 19.5. The smallest absolute Gasteiger partial charge is 0.241 e. The van der Waals surface area contributed by atoms with Crippen molar-refractivity contribution < 1.29 is 4.79 Å². The van der Waals surface area contributed by atoms with Gasteiger partial charge in [0.15, 0.2) is 0 Å². The number of carbonyl (C=O) groups is 1. The van der Waals surface area contributed by atoms with Crippen molar-refractivity contribution in [1.82, 2.24) is 15.1 Å². The number of benzene rings is 1. The summed E-state index contributed by atoms with van der Waals surface area (Å²) in [6.45, 7) is 10.3. The second-order valence-electron chi connectivity index (χ2n) is 6.89. The molecule has 1 atom stereocenters. The third kappa shape index (κ3) is 4.02. The van der Waals surface area contributed by atoms with Gasteiger partial charge in [0, 0.05) is 62.6 Å². The number of hydrogen-bond donors (Lipinski definition) is 1. The zero-order chi connectivity index (χ0) is 17.1. The first-order valence-corrected chi connectivity index (χ1v) is 9.19. The molecule has 24 heavy (non-hydrogen) atoms. The molecule has 2 saturated heterocycles. The van der Waals surface area contributed by atoms with Gasteiger partial charge in [-0.15, -0.1) is 0 Å². The lowest BCUT2D eigenvalue weighted by Gasteiger charge is -2.41. The second-order valence-corrected chi connectivity index (χ2v) is 7.32. The van der Waals surface area contributed by atoms with Crippen LogP contribution in [-0.2, 0) is 4.79 Å². The van der Waals surface area contributed by atoms with Crippen molar-refractivity contribution in [2.24, 2.45) is 0 Å². The fraction of sp³-hybridized carbons (Fsp3) is 0.611. The van der Waals surface area contributed by atoms with Gasteiger partial charge in [-0.1, -0.05) is 17.7 Å². The van der Waals surface area contributed by atoms with E-state index in [0.29, 0.717) is 6.04 Å². The predicted octanol–water partition coefficient (Wildman–Crippen LogP) is 1.67. The lowest BCUT2D eigenvalue weighted by Crippen LogP contribution is -2.61. The summed E-state index contributed by atoms with van der Waals surface area (Å²) in [6.07, 6.45) is 0. The van der Waals surface area contributed by atoms with Gasteiger partial charge in [0.05, 0.1) is 6.04 Å². The first-order valence-electron chi connectivity index (χ1n) is 8.81. The van der Waals surface area contributed by atoms with E-state index < -0.39 is 0 Å². The molecule has 6 heteroatoms. The summed E-state index contributed by atoms with van der Waals surface area (Å²) in [5.74, 6) is 0.242. The molecule has 0 aromatic heterocycles. The minimum atomic E-state index is -0.0705. The summed E-state index contributed by atoms with van der Waals surface area (Å²) in [5, 5.41) is 4.14. The Morgan fingerprint density at radius 2 is 1.96 bits per heavy atom. The second kappa shape index (κ2) is 7.72. The molecule has 1 aromatic carbocycles. The maximum Gasteiger partial charge on any atom is 0.241 e. The molecule has 1 N–H and O–H groups in total. The SMILES string of the molecule is CC(C)N1CCN[C@@H](C(=O)N2CCN(c3cccc(Cl)c3)CC2)C1. The topological polar surface area (TPSA) is 38.8 Å². The lowest BCUT2D eigenvalue weighted by atomic mass is 10.1. The molecule has 0 unspecified atom stereocenters. The van der Waals surface area contributed by atoms with Crippen LogP contribution in [-0.4, -0.2) is 73.6 Å². The van der Waals surface area contributed by atoms with Crippen molar-refractivity contribution in [3.8, 4) is 0 Å². The predicted molar refractivity (Wildman–Crippen MR) is 98.7 cm³/mol. The molecule has 132 valence electrons. The monoisotopic (exact) mass is 350 g/mol. The van der Waals surface area contributed by atoms with Gasteiger partial charge in [0.2, 0.25) is 5.91 Å². The van der Waals surface area contributed by atoms with Gasteiger partial charge < -0.3 is 15.1 Å². The van der Waals surface area contributed by atoms with E-state index in [4.69, 9.17) is 11.6 Å². The number of rotatable bonds is 3. The van der Waals surface area contributed by atoms with E-state index in [0.717, 1.165) is 56.5 Å². The number of carbonyl (C=O) groups excluding carboxylic acids is 1. The van der Waals surface area contributed by atoms with Crippen molar-refractivity contribution in [1.29, 1.82) is 0 Å². The molecule has 5 nitrogen and oxygen atoms in total. The van der Waals surface area contributed by atoms with E-state index >= 15 is 0 Å². The van der Waals surface area contributed by atoms with Crippen LogP contribution in [0.3, 0.4) is 0 Å². The molecule has 2 heterocycles. The molecule has 0 saturated carbocycles. The Balaban J connectivity index is 1.55. The highest BCUT2D eigenvalue weighted by molar-refractivity contribution is 6.30. The number of anilines is 1. The third-order valence-corrected chi connectivity index (χ3v) is 5.24. The summed E-state index contributed by atoms with van der Waals surface area (Å²) >= 11 is 6.08. The average molecular weight is 351 g/mol. The zero-order valence-corrected chi connectivity index (χ0v) is 15.3. The molecule has 2 aliphatic heterocycles. The molecule has 3 rings (SSSR count). The Bertz CT molecular complexity index is 572. The molecule has 0 radical (unpaired) electrons. The minimum Gasteiger partial charge on any atom is -0.368 e. The number of nitrogens with zero attached hydrogens (tertiary/aromatic N) is 3. The van der Waals surface area contributed by atoms with Crippen LogP contribution in [0.2, 0.25) is 5.02 Å². The van der Waals surface area contributed by atoms with Crippen LogP contribution < -0.4 is 10.2 Å². The van der Waals surface area contributed by atoms with Crippen LogP contribution in [0.5, 0.6) is 0 Å². The number of amides is 1. The Morgan fingerprint density at radius 1 is 1.21 bits per heavy atom. The molecular formula is C18H27ClN4O. The zero-order valence-electron chi connectivity index (χ0n) is 14.5. The molecule has 1 aromatic rings. The molecule has 0 spiro atoms. The van der Waals surface area contributed by atoms with E-state index in [9.17, 15) is 4.79 Å². The molecule has 2 fully saturated rings. The summed E-state index contributed by atoms with van der Waals surface area (Å²) in [7, 11) is 0. The van der Waals surface area contributed by atoms with Crippen LogP contribution >= 0.6 is 11.6 Å². The van der Waals surface area contributed by atoms with Gasteiger partial charge in [0.1, 0.15) is 0 Å². The molecule has 0 bridgehead atoms. The van der Waals surface area contributed by atoms with Gasteiger partial charge in [-0.3, -0.25) is 9.69 Å². The summed E-state index contributed by atoms with van der Waals surface area (Å²) in [5.41, 5.74) is 1.14. The van der Waals surface area contributed by atoms with E-state index in [1.807, 2.05) is 23.1 Å². The fourth-order valence-corrected chi connectivity index (χ4v) is 3.67. The molecular weight excluding hydrogens is 324 g/mol. The highest BCUT2D eigenvalue weighted by Crippen LogP contribution is 2.21. The fourth-order valence-electron chi connectivity index (χ4n) is 3.49. The van der Waals surface area contributed by atoms with Gasteiger partial charge >= 0.3 is 0 Å². The van der Waals surface area contributed by atoms with Crippen molar-refractivity contribution in [3.05, 3.63) is 29.3 Å². The quantitative estimate of drug-likeness (QED) is 0.900. The van der Waals surface area contributed by atoms with Crippen molar-refractivity contribution >= 4 is 23.2 Å². The minimum absolute atomic E-state index is 0.0705. The van der Waals surface area contributed by atoms with E-state index in [1.165, 1.54) is 0 Å². The van der Waals surface area contributed by atoms with Crippen LogP contribution in [0.25, 0.3) is 0 Å². The van der Waals surface area contributed by atoms with E-state index in [2.05, 4.69) is 35.0 Å². The molecule has 1 amide bonds. The first-order chi connectivity index (χ1) is 11.5. The summed E-state index contributed by atoms with van der Waals surface area (Å²) < 4.78 is 0. The maximum atomic E-state index is 12.8. The summed E-state index contributed by atoms with van der Waals surface area (Å²) in [6, 6.07) is 8.34. The number of hydrogen-bond acceptors (Lipinski definition) is 4. The third-order valence-electron chi connectivity index (χ3n) is 5.00. The van der Waals surface area contributed by atoms with Gasteiger partial charge in [-0.05, 0) is 32.0 Å². The molecule has 2 aliphatic rings. The van der Waals surface area contributed by atoms with E-state index in [-0.39, 0.29) is 11.9 Å². The number of halogens is 1. The number of nitrogens with one attached hydrogen (secondary N) is 1. The maximum absolute atomic E-state index is 12.8. The van der Waals surface area contributed by atoms with Crippen molar-refractivity contribution in [2.75, 3.05) is 50.7 Å². The Hall–Kier alpha value is -1.30. The average Bonchev–Trinajstić information content (AvgIpc) is 2.61. The van der Waals surface area contributed by atoms with Crippen molar-refractivity contribution in [3.63, 3.8) is 0 Å². The van der Waals surface area contributed by atoms with Crippen LogP contribution in [0, 0.1) is 0 Å². The molecule has 0 aliphatic carbocycles. The normalized spacial score (nSPS) is 22.9. The van der Waals surface area contributed by atoms with Crippen LogP contribution in [0.4, 0.5) is 5.69 Å². The van der Waals surface area contributed by atoms with Crippen LogP contribution in [0.1, 0.15) is 13.8 Å². The van der Waals surface area contributed by atoms with Gasteiger partial charge in [0.25, 0.3) is 0 Å². The van der Waals surface area contributed by atoms with Crippen LogP contribution in [0.15, 0.2) is 24.3 Å².